The van der Waals surface area contributed by atoms with Gasteiger partial charge in [-0.1, -0.05) is 6.07 Å². The molecule has 0 saturated heterocycles. The van der Waals surface area contributed by atoms with E-state index in [0.29, 0.717) is 11.3 Å². The normalized spacial score (nSPS) is 9.31. The number of nitrogens with zero attached hydrogens (tertiary/aromatic N) is 1. The highest BCUT2D eigenvalue weighted by molar-refractivity contribution is 5.99. The van der Waals surface area contributed by atoms with Crippen LogP contribution in [0.15, 0.2) is 12.1 Å². The van der Waals surface area contributed by atoms with Crippen LogP contribution in [0.2, 0.25) is 0 Å². The van der Waals surface area contributed by atoms with Gasteiger partial charge in [0.05, 0.1) is 11.3 Å². The van der Waals surface area contributed by atoms with Gasteiger partial charge in [0.2, 0.25) is 0 Å². The number of hydrogen-bond acceptors (Lipinski definition) is 3. The molecule has 0 bridgehead atoms. The Balaban J connectivity index is 3.55. The molecule has 0 aromatic heterocycles. The van der Waals surface area contributed by atoms with Crippen molar-refractivity contribution >= 4 is 11.5 Å². The molecule has 0 atom stereocenters. The van der Waals surface area contributed by atoms with Crippen molar-refractivity contribution in [2.75, 3.05) is 5.73 Å². The van der Waals surface area contributed by atoms with E-state index >= 15 is 0 Å². The summed E-state index contributed by atoms with van der Waals surface area (Å²) in [5, 5.41) is 8.79. The number of aryl methyl sites for hydroxylation is 1. The van der Waals surface area contributed by atoms with Crippen molar-refractivity contribution in [2.45, 2.75) is 13.8 Å². The van der Waals surface area contributed by atoms with Crippen molar-refractivity contribution in [3.05, 3.63) is 28.8 Å². The zero-order valence-corrected chi connectivity index (χ0v) is 7.59. The number of carbonyl (C=O) groups excluding carboxylic acids is 1. The van der Waals surface area contributed by atoms with Crippen LogP contribution in [0.3, 0.4) is 0 Å². The SMILES string of the molecule is CC(=O)c1c(C)ccc(N)c1C#N. The van der Waals surface area contributed by atoms with Crippen molar-refractivity contribution in [3.8, 4) is 6.07 Å². The predicted molar refractivity (Wildman–Crippen MR) is 50.3 cm³/mol. The van der Waals surface area contributed by atoms with Crippen molar-refractivity contribution in [2.24, 2.45) is 0 Å². The van der Waals surface area contributed by atoms with Crippen molar-refractivity contribution < 1.29 is 4.79 Å². The smallest absolute Gasteiger partial charge is 0.161 e. The monoisotopic (exact) mass is 174 g/mol. The van der Waals surface area contributed by atoms with E-state index in [-0.39, 0.29) is 11.3 Å². The van der Waals surface area contributed by atoms with Gasteiger partial charge in [-0.2, -0.15) is 5.26 Å². The minimum Gasteiger partial charge on any atom is -0.398 e. The van der Waals surface area contributed by atoms with Crippen LogP contribution >= 0.6 is 0 Å². The highest BCUT2D eigenvalue weighted by Crippen LogP contribution is 2.20. The number of rotatable bonds is 1. The molecule has 0 aliphatic rings. The van der Waals surface area contributed by atoms with Crippen molar-refractivity contribution in [1.29, 1.82) is 5.26 Å². The van der Waals surface area contributed by atoms with Crippen LogP contribution in [0.25, 0.3) is 0 Å². The molecular weight excluding hydrogens is 164 g/mol. The molecule has 66 valence electrons. The maximum Gasteiger partial charge on any atom is 0.161 e. The van der Waals surface area contributed by atoms with Gasteiger partial charge in [0, 0.05) is 5.56 Å². The molecule has 0 unspecified atom stereocenters. The number of ketones is 1. The Morgan fingerprint density at radius 2 is 2.15 bits per heavy atom. The van der Waals surface area contributed by atoms with E-state index in [2.05, 4.69) is 0 Å². The Bertz CT molecular complexity index is 402. The summed E-state index contributed by atoms with van der Waals surface area (Å²) in [4.78, 5) is 11.2. The molecule has 13 heavy (non-hydrogen) atoms. The number of nitrogen functional groups attached to an aromatic ring is 1. The van der Waals surface area contributed by atoms with Gasteiger partial charge < -0.3 is 5.73 Å². The van der Waals surface area contributed by atoms with Gasteiger partial charge in [0.15, 0.2) is 5.78 Å². The second-order valence-electron chi connectivity index (χ2n) is 2.89. The zero-order chi connectivity index (χ0) is 10.0. The maximum absolute atomic E-state index is 11.2. The van der Waals surface area contributed by atoms with Crippen molar-refractivity contribution in [1.82, 2.24) is 0 Å². The topological polar surface area (TPSA) is 66.9 Å². The summed E-state index contributed by atoms with van der Waals surface area (Å²) >= 11 is 0. The highest BCUT2D eigenvalue weighted by atomic mass is 16.1. The standard InChI is InChI=1S/C10H10N2O/c1-6-3-4-9(12)8(5-11)10(6)7(2)13/h3-4H,12H2,1-2H3. The third kappa shape index (κ3) is 1.52. The van der Waals surface area contributed by atoms with Crippen LogP contribution in [-0.4, -0.2) is 5.78 Å². The minimum atomic E-state index is -0.124. The van der Waals surface area contributed by atoms with E-state index in [0.717, 1.165) is 5.56 Å². The fourth-order valence-corrected chi connectivity index (χ4v) is 1.30. The average Bonchev–Trinajstić information content (AvgIpc) is 2.07. The fraction of sp³-hybridized carbons (Fsp3) is 0.200. The number of hydrogen-bond donors (Lipinski definition) is 1. The number of nitriles is 1. The Labute approximate surface area is 76.8 Å². The van der Waals surface area contributed by atoms with Gasteiger partial charge in [-0.15, -0.1) is 0 Å². The molecule has 0 heterocycles. The summed E-state index contributed by atoms with van der Waals surface area (Å²) in [5.74, 6) is -0.124. The average molecular weight is 174 g/mol. The van der Waals surface area contributed by atoms with Crippen LogP contribution in [0.1, 0.15) is 28.4 Å². The summed E-state index contributed by atoms with van der Waals surface area (Å²) in [6.45, 7) is 3.22. The lowest BCUT2D eigenvalue weighted by atomic mass is 9.98. The first-order chi connectivity index (χ1) is 6.07. The van der Waals surface area contributed by atoms with Gasteiger partial charge in [0.25, 0.3) is 0 Å². The van der Waals surface area contributed by atoms with Gasteiger partial charge >= 0.3 is 0 Å². The summed E-state index contributed by atoms with van der Waals surface area (Å²) < 4.78 is 0. The lowest BCUT2D eigenvalue weighted by Gasteiger charge is -2.06. The molecule has 3 heteroatoms. The van der Waals surface area contributed by atoms with Crippen molar-refractivity contribution in [3.63, 3.8) is 0 Å². The molecule has 0 amide bonds. The van der Waals surface area contributed by atoms with Gasteiger partial charge in [-0.25, -0.2) is 0 Å². The molecule has 0 aliphatic heterocycles. The molecule has 3 nitrogen and oxygen atoms in total. The Morgan fingerprint density at radius 1 is 1.54 bits per heavy atom. The zero-order valence-electron chi connectivity index (χ0n) is 7.59. The fourth-order valence-electron chi connectivity index (χ4n) is 1.30. The lowest BCUT2D eigenvalue weighted by Crippen LogP contribution is -2.03. The van der Waals surface area contributed by atoms with Crippen LogP contribution in [0.4, 0.5) is 5.69 Å². The van der Waals surface area contributed by atoms with Crippen LogP contribution in [-0.2, 0) is 0 Å². The Morgan fingerprint density at radius 3 is 2.54 bits per heavy atom. The first-order valence-electron chi connectivity index (χ1n) is 3.88. The van der Waals surface area contributed by atoms with E-state index in [4.69, 9.17) is 11.0 Å². The maximum atomic E-state index is 11.2. The molecule has 0 saturated carbocycles. The summed E-state index contributed by atoms with van der Waals surface area (Å²) in [6.07, 6.45) is 0. The largest absolute Gasteiger partial charge is 0.398 e. The third-order valence-corrected chi connectivity index (χ3v) is 1.91. The molecule has 1 aromatic carbocycles. The van der Waals surface area contributed by atoms with Gasteiger partial charge in [0.1, 0.15) is 6.07 Å². The summed E-state index contributed by atoms with van der Waals surface area (Å²) in [5.41, 5.74) is 7.43. The van der Waals surface area contributed by atoms with E-state index in [9.17, 15) is 4.79 Å². The second kappa shape index (κ2) is 3.28. The summed E-state index contributed by atoms with van der Waals surface area (Å²) in [6, 6.07) is 5.32. The molecule has 0 spiro atoms. The number of nitrogens with two attached hydrogens (primary N) is 1. The quantitative estimate of drug-likeness (QED) is 0.520. The first-order valence-corrected chi connectivity index (χ1v) is 3.88. The van der Waals surface area contributed by atoms with E-state index in [1.807, 2.05) is 6.07 Å². The molecule has 1 rings (SSSR count). The number of Topliss-reactive ketones (excluding diaryl/α,β-unsaturated/α-hetero) is 1. The number of benzene rings is 1. The lowest BCUT2D eigenvalue weighted by molar-refractivity contribution is 0.101. The summed E-state index contributed by atoms with van der Waals surface area (Å²) in [7, 11) is 0. The predicted octanol–water partition coefficient (Wildman–Crippen LogP) is 1.65. The third-order valence-electron chi connectivity index (χ3n) is 1.91. The van der Waals surface area contributed by atoms with Gasteiger partial charge in [-0.05, 0) is 25.5 Å². The molecule has 0 aliphatic carbocycles. The molecule has 1 aromatic rings. The Hall–Kier alpha value is -1.82. The number of carbonyl (C=O) groups is 1. The minimum absolute atomic E-state index is 0.124. The van der Waals surface area contributed by atoms with Crippen LogP contribution in [0, 0.1) is 18.3 Å². The van der Waals surface area contributed by atoms with E-state index in [1.54, 1.807) is 19.1 Å². The molecule has 2 N–H and O–H groups in total. The first kappa shape index (κ1) is 9.27. The van der Waals surface area contributed by atoms with Gasteiger partial charge in [-0.3, -0.25) is 4.79 Å². The van der Waals surface area contributed by atoms with Crippen LogP contribution < -0.4 is 5.73 Å². The van der Waals surface area contributed by atoms with Crippen LogP contribution in [0.5, 0.6) is 0 Å². The second-order valence-corrected chi connectivity index (χ2v) is 2.89. The Kier molecular flexibility index (Phi) is 2.34. The molecule has 0 fully saturated rings. The molecular formula is C10H10N2O. The van der Waals surface area contributed by atoms with E-state index < -0.39 is 0 Å². The molecule has 0 radical (unpaired) electrons. The number of anilines is 1. The van der Waals surface area contributed by atoms with E-state index in [1.165, 1.54) is 6.92 Å². The highest BCUT2D eigenvalue weighted by Gasteiger charge is 2.12.